The van der Waals surface area contributed by atoms with Crippen LogP contribution in [0, 0.1) is 0 Å². The number of halogens is 2. The highest BCUT2D eigenvalue weighted by atomic mass is 35.5. The molecule has 2 saturated heterocycles. The second-order valence-corrected chi connectivity index (χ2v) is 7.33. The van der Waals surface area contributed by atoms with Crippen molar-refractivity contribution in [3.05, 3.63) is 33.8 Å². The van der Waals surface area contributed by atoms with Gasteiger partial charge >= 0.3 is 0 Å². The molecule has 0 spiro atoms. The Bertz CT molecular complexity index is 632. The Morgan fingerprint density at radius 3 is 2.54 bits per heavy atom. The fraction of sp³-hybridized carbons (Fsp3) is 0.529. The standard InChI is InChI=1S/C17H21Cl2N3O2/c1-11-10-21(6-4-20-11)17(24)15-3-2-5-22(15)16(23)12-7-13(18)9-14(19)8-12/h7-9,11,15,20H,2-6,10H2,1H3. The highest BCUT2D eigenvalue weighted by molar-refractivity contribution is 6.35. The summed E-state index contributed by atoms with van der Waals surface area (Å²) in [4.78, 5) is 29.2. The first-order valence-corrected chi connectivity index (χ1v) is 9.00. The van der Waals surface area contributed by atoms with E-state index in [0.717, 1.165) is 13.0 Å². The zero-order valence-corrected chi connectivity index (χ0v) is 15.1. The molecular formula is C17H21Cl2N3O2. The molecule has 0 radical (unpaired) electrons. The molecule has 2 amide bonds. The maximum atomic E-state index is 12.9. The second kappa shape index (κ2) is 7.30. The number of rotatable bonds is 2. The molecule has 5 nitrogen and oxygen atoms in total. The summed E-state index contributed by atoms with van der Waals surface area (Å²) in [7, 11) is 0. The first-order valence-electron chi connectivity index (χ1n) is 8.25. The summed E-state index contributed by atoms with van der Waals surface area (Å²) in [5.41, 5.74) is 0.431. The summed E-state index contributed by atoms with van der Waals surface area (Å²) in [5.74, 6) is -0.138. The van der Waals surface area contributed by atoms with Crippen LogP contribution < -0.4 is 5.32 Å². The Morgan fingerprint density at radius 2 is 1.88 bits per heavy atom. The third-order valence-electron chi connectivity index (χ3n) is 4.59. The Morgan fingerprint density at radius 1 is 1.17 bits per heavy atom. The second-order valence-electron chi connectivity index (χ2n) is 6.45. The van der Waals surface area contributed by atoms with Gasteiger partial charge in [0.25, 0.3) is 5.91 Å². The zero-order chi connectivity index (χ0) is 17.3. The number of nitrogens with zero attached hydrogens (tertiary/aromatic N) is 2. The lowest BCUT2D eigenvalue weighted by Crippen LogP contribution is -2.56. The molecule has 0 aliphatic carbocycles. The predicted octanol–water partition coefficient (Wildman–Crippen LogP) is 2.42. The highest BCUT2D eigenvalue weighted by Crippen LogP contribution is 2.25. The number of likely N-dealkylation sites (tertiary alicyclic amines) is 1. The molecule has 2 aliphatic heterocycles. The van der Waals surface area contributed by atoms with Gasteiger partial charge in [0.1, 0.15) is 6.04 Å². The van der Waals surface area contributed by atoms with Gasteiger partial charge in [0, 0.05) is 47.8 Å². The van der Waals surface area contributed by atoms with Gasteiger partial charge in [0.15, 0.2) is 0 Å². The molecule has 0 aromatic heterocycles. The first-order chi connectivity index (χ1) is 11.5. The molecule has 2 atom stereocenters. The summed E-state index contributed by atoms with van der Waals surface area (Å²) in [6.45, 7) is 4.80. The normalized spacial score (nSPS) is 24.3. The van der Waals surface area contributed by atoms with Crippen LogP contribution in [-0.2, 0) is 4.79 Å². The number of amides is 2. The van der Waals surface area contributed by atoms with Crippen molar-refractivity contribution in [1.29, 1.82) is 0 Å². The minimum atomic E-state index is -0.388. The summed E-state index contributed by atoms with van der Waals surface area (Å²) >= 11 is 12.0. The van der Waals surface area contributed by atoms with E-state index in [-0.39, 0.29) is 23.9 Å². The average molecular weight is 370 g/mol. The van der Waals surface area contributed by atoms with Gasteiger partial charge in [-0.3, -0.25) is 9.59 Å². The molecule has 130 valence electrons. The SMILES string of the molecule is CC1CN(C(=O)C2CCCN2C(=O)c2cc(Cl)cc(Cl)c2)CCN1. The van der Waals surface area contributed by atoms with Gasteiger partial charge in [-0.15, -0.1) is 0 Å². The molecular weight excluding hydrogens is 349 g/mol. The van der Waals surface area contributed by atoms with Crippen molar-refractivity contribution in [3.63, 3.8) is 0 Å². The minimum absolute atomic E-state index is 0.0438. The van der Waals surface area contributed by atoms with Crippen molar-refractivity contribution >= 4 is 35.0 Å². The number of piperazine rings is 1. The Balaban J connectivity index is 1.77. The number of hydrogen-bond acceptors (Lipinski definition) is 3. The van der Waals surface area contributed by atoms with Crippen molar-refractivity contribution in [2.24, 2.45) is 0 Å². The van der Waals surface area contributed by atoms with Crippen molar-refractivity contribution in [2.45, 2.75) is 31.8 Å². The Labute approximate surface area is 151 Å². The van der Waals surface area contributed by atoms with Crippen molar-refractivity contribution < 1.29 is 9.59 Å². The molecule has 1 N–H and O–H groups in total. The quantitative estimate of drug-likeness (QED) is 0.870. The molecule has 24 heavy (non-hydrogen) atoms. The van der Waals surface area contributed by atoms with Crippen molar-refractivity contribution in [1.82, 2.24) is 15.1 Å². The number of nitrogens with one attached hydrogen (secondary N) is 1. The van der Waals surface area contributed by atoms with Crippen molar-refractivity contribution in [3.8, 4) is 0 Å². The van der Waals surface area contributed by atoms with E-state index in [1.807, 2.05) is 4.90 Å². The lowest BCUT2D eigenvalue weighted by atomic mass is 10.1. The van der Waals surface area contributed by atoms with E-state index in [2.05, 4.69) is 12.2 Å². The molecule has 1 aromatic carbocycles. The molecule has 0 bridgehead atoms. The smallest absolute Gasteiger partial charge is 0.254 e. The van der Waals surface area contributed by atoms with Crippen LogP contribution in [0.3, 0.4) is 0 Å². The van der Waals surface area contributed by atoms with Gasteiger partial charge in [-0.05, 0) is 38.0 Å². The monoisotopic (exact) mass is 369 g/mol. The van der Waals surface area contributed by atoms with E-state index in [0.29, 0.717) is 41.7 Å². The summed E-state index contributed by atoms with van der Waals surface area (Å²) in [6.07, 6.45) is 1.54. The number of benzene rings is 1. The zero-order valence-electron chi connectivity index (χ0n) is 13.6. The van der Waals surface area contributed by atoms with E-state index in [9.17, 15) is 9.59 Å². The molecule has 2 unspecified atom stereocenters. The number of carbonyl (C=O) groups excluding carboxylic acids is 2. The third kappa shape index (κ3) is 3.68. The number of hydrogen-bond donors (Lipinski definition) is 1. The van der Waals surface area contributed by atoms with Crippen LogP contribution in [0.25, 0.3) is 0 Å². The third-order valence-corrected chi connectivity index (χ3v) is 5.03. The lowest BCUT2D eigenvalue weighted by Gasteiger charge is -2.35. The lowest BCUT2D eigenvalue weighted by molar-refractivity contribution is -0.136. The van der Waals surface area contributed by atoms with Gasteiger partial charge in [-0.1, -0.05) is 23.2 Å². The van der Waals surface area contributed by atoms with E-state index < -0.39 is 0 Å². The van der Waals surface area contributed by atoms with E-state index in [1.54, 1.807) is 23.1 Å². The molecule has 3 rings (SSSR count). The summed E-state index contributed by atoms with van der Waals surface area (Å²) < 4.78 is 0. The van der Waals surface area contributed by atoms with E-state index in [4.69, 9.17) is 23.2 Å². The van der Waals surface area contributed by atoms with E-state index >= 15 is 0 Å². The van der Waals surface area contributed by atoms with E-state index in [1.165, 1.54) is 0 Å². The van der Waals surface area contributed by atoms with Crippen LogP contribution >= 0.6 is 23.2 Å². The Hall–Kier alpha value is -1.30. The molecule has 0 saturated carbocycles. The topological polar surface area (TPSA) is 52.7 Å². The van der Waals surface area contributed by atoms with Gasteiger partial charge in [-0.2, -0.15) is 0 Å². The van der Waals surface area contributed by atoms with Gasteiger partial charge in [0.2, 0.25) is 5.91 Å². The maximum Gasteiger partial charge on any atom is 0.254 e. The van der Waals surface area contributed by atoms with Crippen LogP contribution in [-0.4, -0.2) is 59.9 Å². The van der Waals surface area contributed by atoms with Crippen LogP contribution in [0.5, 0.6) is 0 Å². The molecule has 2 heterocycles. The first kappa shape index (κ1) is 17.5. The van der Waals surface area contributed by atoms with Crippen LogP contribution in [0.1, 0.15) is 30.1 Å². The van der Waals surface area contributed by atoms with Gasteiger partial charge < -0.3 is 15.1 Å². The summed E-state index contributed by atoms with van der Waals surface area (Å²) in [5, 5.41) is 4.17. The van der Waals surface area contributed by atoms with Gasteiger partial charge in [0.05, 0.1) is 0 Å². The molecule has 1 aromatic rings. The predicted molar refractivity (Wildman–Crippen MR) is 94.6 cm³/mol. The van der Waals surface area contributed by atoms with Crippen molar-refractivity contribution in [2.75, 3.05) is 26.2 Å². The van der Waals surface area contributed by atoms with Crippen LogP contribution in [0.2, 0.25) is 10.0 Å². The largest absolute Gasteiger partial charge is 0.338 e. The summed E-state index contributed by atoms with van der Waals surface area (Å²) in [6, 6.07) is 4.68. The maximum absolute atomic E-state index is 12.9. The molecule has 7 heteroatoms. The Kier molecular flexibility index (Phi) is 5.33. The van der Waals surface area contributed by atoms with Gasteiger partial charge in [-0.25, -0.2) is 0 Å². The average Bonchev–Trinajstić information content (AvgIpc) is 3.02. The highest BCUT2D eigenvalue weighted by Gasteiger charge is 2.37. The number of carbonyl (C=O) groups is 2. The molecule has 2 fully saturated rings. The van der Waals surface area contributed by atoms with Crippen LogP contribution in [0.4, 0.5) is 0 Å². The molecule has 2 aliphatic rings. The van der Waals surface area contributed by atoms with Crippen LogP contribution in [0.15, 0.2) is 18.2 Å². The fourth-order valence-electron chi connectivity index (χ4n) is 3.45. The minimum Gasteiger partial charge on any atom is -0.338 e. The fourth-order valence-corrected chi connectivity index (χ4v) is 3.98.